The van der Waals surface area contributed by atoms with Crippen LogP contribution in [-0.4, -0.2) is 18.9 Å². The van der Waals surface area contributed by atoms with Gasteiger partial charge >= 0.3 is 10.1 Å². The highest BCUT2D eigenvalue weighted by Crippen LogP contribution is 1.68. The van der Waals surface area contributed by atoms with Gasteiger partial charge in [-0.1, -0.05) is 0 Å². The third kappa shape index (κ3) is 76.9. The van der Waals surface area contributed by atoms with Crippen LogP contribution in [0.1, 0.15) is 0 Å². The van der Waals surface area contributed by atoms with E-state index in [1.54, 1.807) is 0 Å². The van der Waals surface area contributed by atoms with Crippen molar-refractivity contribution in [3.05, 3.63) is 0 Å². The maximum Gasteiger partial charge on any atom is 0.360 e. The molecule has 0 radical (unpaired) electrons. The van der Waals surface area contributed by atoms with Gasteiger partial charge in [-0.3, -0.25) is 9.96 Å². The van der Waals surface area contributed by atoms with Gasteiger partial charge in [0, 0.05) is 0 Å². The number of nitrogens with two attached hydrogens (primary N) is 2. The molecule has 0 unspecified atom stereocenters. The zero-order chi connectivity index (χ0) is 8.78. The van der Waals surface area contributed by atoms with Crippen molar-refractivity contribution in [3.8, 4) is 5.40 Å². The molecule has 0 amide bonds. The molecule has 0 heterocycles. The molecule has 58 valence electrons. The number of nitrogens with one attached hydrogen (secondary N) is 1. The van der Waals surface area contributed by atoms with E-state index in [-0.39, 0.29) is 5.96 Å². The molecule has 0 atom stereocenters. The minimum Gasteiger partial charge on any atom is -0.370 e. The van der Waals surface area contributed by atoms with Crippen LogP contribution in [0.2, 0.25) is 0 Å². The lowest BCUT2D eigenvalue weighted by molar-refractivity contribution is 0.496. The Hall–Kier alpha value is -1.33. The van der Waals surface area contributed by atoms with Crippen molar-refractivity contribution in [2.45, 2.75) is 0 Å². The SMILES string of the molecule is N#CS(=O)(=O)O.N=C(N)N. The summed E-state index contributed by atoms with van der Waals surface area (Å²) in [6.45, 7) is 0. The summed E-state index contributed by atoms with van der Waals surface area (Å²) < 4.78 is 25.8. The van der Waals surface area contributed by atoms with Crippen molar-refractivity contribution in [1.82, 2.24) is 0 Å². The molecule has 0 saturated carbocycles. The topological polar surface area (TPSA) is 154 Å². The number of nitriles is 1. The van der Waals surface area contributed by atoms with Crippen molar-refractivity contribution >= 4 is 16.1 Å². The summed E-state index contributed by atoms with van der Waals surface area (Å²) in [4.78, 5) is 0. The van der Waals surface area contributed by atoms with E-state index in [2.05, 4.69) is 11.5 Å². The van der Waals surface area contributed by atoms with Crippen molar-refractivity contribution in [2.75, 3.05) is 0 Å². The fraction of sp³-hybridized carbons (Fsp3) is 0. The Morgan fingerprint density at radius 2 is 1.70 bits per heavy atom. The summed E-state index contributed by atoms with van der Waals surface area (Å²) in [6.07, 6.45) is 0. The van der Waals surface area contributed by atoms with Gasteiger partial charge in [-0.2, -0.15) is 13.7 Å². The van der Waals surface area contributed by atoms with Crippen molar-refractivity contribution in [1.29, 1.82) is 10.7 Å². The van der Waals surface area contributed by atoms with E-state index in [0.717, 1.165) is 0 Å². The fourth-order valence-electron chi connectivity index (χ4n) is 0. The minimum atomic E-state index is -4.36. The van der Waals surface area contributed by atoms with E-state index in [1.165, 1.54) is 0 Å². The molecule has 8 heteroatoms. The van der Waals surface area contributed by atoms with Gasteiger partial charge in [0.25, 0.3) is 0 Å². The van der Waals surface area contributed by atoms with E-state index in [4.69, 9.17) is 15.2 Å². The molecule has 0 aromatic rings. The molecular weight excluding hydrogens is 160 g/mol. The lowest BCUT2D eigenvalue weighted by Crippen LogP contribution is -2.20. The van der Waals surface area contributed by atoms with Crippen LogP contribution in [0.4, 0.5) is 0 Å². The largest absolute Gasteiger partial charge is 0.370 e. The van der Waals surface area contributed by atoms with Crippen LogP contribution in [0.5, 0.6) is 0 Å². The zero-order valence-electron chi connectivity index (χ0n) is 4.77. The molecule has 0 fully saturated rings. The highest BCUT2D eigenvalue weighted by molar-refractivity contribution is 7.90. The normalized spacial score (nSPS) is 8.40. The second kappa shape index (κ2) is 4.54. The Kier molecular flexibility index (Phi) is 5.20. The van der Waals surface area contributed by atoms with Gasteiger partial charge in [-0.15, -0.1) is 0 Å². The number of guanidine groups is 1. The third-order valence-electron chi connectivity index (χ3n) is 0.115. The van der Waals surface area contributed by atoms with Crippen molar-refractivity contribution in [3.63, 3.8) is 0 Å². The van der Waals surface area contributed by atoms with E-state index in [0.29, 0.717) is 5.40 Å². The Morgan fingerprint density at radius 3 is 1.70 bits per heavy atom. The Balaban J connectivity index is 0. The Labute approximate surface area is 57.5 Å². The second-order valence-corrected chi connectivity index (χ2v) is 2.15. The molecular formula is C2H6N4O3S. The van der Waals surface area contributed by atoms with Gasteiger partial charge in [0.2, 0.25) is 5.40 Å². The molecule has 0 aliphatic rings. The van der Waals surface area contributed by atoms with Crippen LogP contribution < -0.4 is 11.5 Å². The molecule has 10 heavy (non-hydrogen) atoms. The fourth-order valence-corrected chi connectivity index (χ4v) is 0. The maximum absolute atomic E-state index is 9.19. The molecule has 0 aliphatic heterocycles. The second-order valence-electron chi connectivity index (χ2n) is 1.02. The van der Waals surface area contributed by atoms with E-state index in [1.807, 2.05) is 0 Å². The first kappa shape index (κ1) is 11.5. The van der Waals surface area contributed by atoms with Crippen LogP contribution in [0.15, 0.2) is 0 Å². The van der Waals surface area contributed by atoms with Gasteiger partial charge in [0.15, 0.2) is 5.96 Å². The van der Waals surface area contributed by atoms with Gasteiger partial charge in [-0.05, 0) is 0 Å². The number of nitrogens with zero attached hydrogens (tertiary/aromatic N) is 1. The first-order valence-corrected chi connectivity index (χ1v) is 3.21. The van der Waals surface area contributed by atoms with E-state index < -0.39 is 10.1 Å². The minimum absolute atomic E-state index is 0.333. The molecule has 7 nitrogen and oxygen atoms in total. The van der Waals surface area contributed by atoms with Gasteiger partial charge in [-0.25, -0.2) is 0 Å². The molecule has 0 aromatic carbocycles. The van der Waals surface area contributed by atoms with Gasteiger partial charge < -0.3 is 11.5 Å². The summed E-state index contributed by atoms with van der Waals surface area (Å²) in [6, 6.07) is 0. The lowest BCUT2D eigenvalue weighted by atomic mass is 11.1. The van der Waals surface area contributed by atoms with Crippen molar-refractivity contribution < 1.29 is 13.0 Å². The smallest absolute Gasteiger partial charge is 0.360 e. The number of hydrogen-bond donors (Lipinski definition) is 4. The highest BCUT2D eigenvalue weighted by Gasteiger charge is 1.93. The quantitative estimate of drug-likeness (QED) is 0.109. The molecule has 0 bridgehead atoms. The predicted octanol–water partition coefficient (Wildman–Crippen LogP) is -1.81. The summed E-state index contributed by atoms with van der Waals surface area (Å²) in [5.74, 6) is -0.333. The van der Waals surface area contributed by atoms with Crippen LogP contribution in [-0.2, 0) is 10.1 Å². The zero-order valence-corrected chi connectivity index (χ0v) is 5.59. The van der Waals surface area contributed by atoms with Gasteiger partial charge in [0.05, 0.1) is 0 Å². The maximum atomic E-state index is 9.19. The van der Waals surface area contributed by atoms with Crippen LogP contribution in [0.3, 0.4) is 0 Å². The average molecular weight is 166 g/mol. The van der Waals surface area contributed by atoms with Crippen LogP contribution in [0.25, 0.3) is 0 Å². The summed E-state index contributed by atoms with van der Waals surface area (Å²) in [7, 11) is -4.36. The summed E-state index contributed by atoms with van der Waals surface area (Å²) in [5, 5.41) is 14.0. The number of hydrogen-bond acceptors (Lipinski definition) is 4. The molecule has 0 saturated heterocycles. The van der Waals surface area contributed by atoms with E-state index >= 15 is 0 Å². The monoisotopic (exact) mass is 166 g/mol. The van der Waals surface area contributed by atoms with Crippen molar-refractivity contribution in [2.24, 2.45) is 11.5 Å². The molecule has 0 rings (SSSR count). The van der Waals surface area contributed by atoms with Crippen LogP contribution in [0, 0.1) is 16.1 Å². The standard InChI is InChI=1S/CH5N3.CHNO3S/c2-1(3)4;2-1-6(3,4)5/h(H5,2,3,4);(H,3,4,5). The third-order valence-corrected chi connectivity index (χ3v) is 0.346. The first-order valence-electron chi connectivity index (χ1n) is 1.77. The first-order chi connectivity index (χ1) is 4.29. The highest BCUT2D eigenvalue weighted by atomic mass is 32.2. The molecule has 0 spiro atoms. The molecule has 0 aliphatic carbocycles. The average Bonchev–Trinajstić information content (AvgIpc) is 1.63. The predicted molar refractivity (Wildman–Crippen MR) is 33.3 cm³/mol. The summed E-state index contributed by atoms with van der Waals surface area (Å²) in [5.41, 5.74) is 8.94. The summed E-state index contributed by atoms with van der Waals surface area (Å²) >= 11 is 0. The molecule has 0 aromatic heterocycles. The molecule has 6 N–H and O–H groups in total. The Morgan fingerprint density at radius 1 is 1.60 bits per heavy atom. The van der Waals surface area contributed by atoms with Crippen LogP contribution >= 0.6 is 0 Å². The van der Waals surface area contributed by atoms with E-state index in [9.17, 15) is 8.42 Å². The Bertz CT molecular complexity index is 232. The number of thiocyanates is 1. The van der Waals surface area contributed by atoms with Gasteiger partial charge in [0.1, 0.15) is 0 Å². The number of rotatable bonds is 0. The lowest BCUT2D eigenvalue weighted by Gasteiger charge is -1.69.